The molecule has 0 spiro atoms. The second-order valence-corrected chi connectivity index (χ2v) is 4.25. The molecule has 0 radical (unpaired) electrons. The third-order valence-electron chi connectivity index (χ3n) is 3.01. The van der Waals surface area contributed by atoms with Crippen molar-refractivity contribution in [1.82, 2.24) is 4.90 Å². The molecule has 1 aliphatic heterocycles. The summed E-state index contributed by atoms with van der Waals surface area (Å²) >= 11 is 0. The Bertz CT molecular complexity index is 422. The first-order valence-corrected chi connectivity index (χ1v) is 5.55. The second-order valence-electron chi connectivity index (χ2n) is 4.25. The predicted molar refractivity (Wildman–Crippen MR) is 66.4 cm³/mol. The number of likely N-dealkylation sites (N-methyl/N-ethyl adjacent to an activating group) is 1. The first-order valence-electron chi connectivity index (χ1n) is 5.55. The number of piperazine rings is 1. The number of nitrogens with two attached hydrogens (primary N) is 1. The average Bonchev–Trinajstić information content (AvgIpc) is 2.43. The van der Waals surface area contributed by atoms with Gasteiger partial charge in [0.1, 0.15) is 0 Å². The van der Waals surface area contributed by atoms with Crippen molar-refractivity contribution >= 4 is 11.4 Å². The molecule has 0 aliphatic carbocycles. The van der Waals surface area contributed by atoms with Crippen molar-refractivity contribution < 1.29 is 0 Å². The lowest BCUT2D eigenvalue weighted by Crippen LogP contribution is -2.44. The number of hydrogen-bond donors (Lipinski definition) is 2. The van der Waals surface area contributed by atoms with Crippen LogP contribution < -0.4 is 16.0 Å². The molecular formula is C12H18N4. The number of rotatable bonds is 1. The highest BCUT2D eigenvalue weighted by Gasteiger charge is 2.13. The molecule has 0 aromatic heterocycles. The minimum absolute atomic E-state index is 0.389. The Morgan fingerprint density at radius 2 is 1.88 bits per heavy atom. The summed E-state index contributed by atoms with van der Waals surface area (Å²) in [7, 11) is 2.14. The highest BCUT2D eigenvalue weighted by molar-refractivity contribution is 5.54. The SMILES string of the molecule is CN1CCN(c2cccc(=N)c(N)c2)CC1. The molecule has 0 atom stereocenters. The highest BCUT2D eigenvalue weighted by atomic mass is 15.2. The van der Waals surface area contributed by atoms with Crippen molar-refractivity contribution in [2.75, 3.05) is 43.9 Å². The van der Waals surface area contributed by atoms with Gasteiger partial charge in [-0.2, -0.15) is 0 Å². The molecule has 86 valence electrons. The van der Waals surface area contributed by atoms with Gasteiger partial charge in [0.15, 0.2) is 0 Å². The molecule has 0 unspecified atom stereocenters. The molecule has 1 fully saturated rings. The Labute approximate surface area is 95.8 Å². The van der Waals surface area contributed by atoms with E-state index in [4.69, 9.17) is 11.1 Å². The van der Waals surface area contributed by atoms with Crippen molar-refractivity contribution in [3.05, 3.63) is 29.6 Å². The van der Waals surface area contributed by atoms with E-state index in [2.05, 4.69) is 16.8 Å². The maximum atomic E-state index is 7.63. The lowest BCUT2D eigenvalue weighted by Gasteiger charge is -2.33. The molecule has 1 aliphatic rings. The largest absolute Gasteiger partial charge is 0.397 e. The van der Waals surface area contributed by atoms with Crippen LogP contribution in [-0.2, 0) is 0 Å². The molecule has 3 N–H and O–H groups in total. The summed E-state index contributed by atoms with van der Waals surface area (Å²) in [5.74, 6) is 0. The first-order chi connectivity index (χ1) is 7.66. The predicted octanol–water partition coefficient (Wildman–Crippen LogP) is 0.500. The van der Waals surface area contributed by atoms with Gasteiger partial charge in [-0.15, -0.1) is 0 Å². The summed E-state index contributed by atoms with van der Waals surface area (Å²) in [6, 6.07) is 7.55. The van der Waals surface area contributed by atoms with Gasteiger partial charge in [-0.25, -0.2) is 0 Å². The summed E-state index contributed by atoms with van der Waals surface area (Å²) < 4.78 is 0. The van der Waals surface area contributed by atoms with Crippen molar-refractivity contribution in [3.63, 3.8) is 0 Å². The fraction of sp³-hybridized carbons (Fsp3) is 0.417. The van der Waals surface area contributed by atoms with E-state index in [1.807, 2.05) is 18.2 Å². The van der Waals surface area contributed by atoms with Crippen molar-refractivity contribution in [3.8, 4) is 0 Å². The van der Waals surface area contributed by atoms with Gasteiger partial charge in [-0.05, 0) is 25.2 Å². The molecule has 0 saturated carbocycles. The molecule has 2 rings (SSSR count). The van der Waals surface area contributed by atoms with E-state index in [0.29, 0.717) is 11.0 Å². The zero-order valence-corrected chi connectivity index (χ0v) is 9.61. The summed E-state index contributed by atoms with van der Waals surface area (Å²) in [6.45, 7) is 4.19. The summed E-state index contributed by atoms with van der Waals surface area (Å²) in [5.41, 5.74) is 7.47. The molecule has 0 bridgehead atoms. The molecular weight excluding hydrogens is 200 g/mol. The van der Waals surface area contributed by atoms with Gasteiger partial charge in [0.25, 0.3) is 0 Å². The highest BCUT2D eigenvalue weighted by Crippen LogP contribution is 2.15. The van der Waals surface area contributed by atoms with E-state index in [0.717, 1.165) is 31.9 Å². The van der Waals surface area contributed by atoms with Crippen LogP contribution in [0.15, 0.2) is 24.3 Å². The Hall–Kier alpha value is -1.55. The van der Waals surface area contributed by atoms with E-state index < -0.39 is 0 Å². The Balaban J connectivity index is 2.25. The van der Waals surface area contributed by atoms with Gasteiger partial charge < -0.3 is 15.5 Å². The molecule has 0 amide bonds. The van der Waals surface area contributed by atoms with Crippen LogP contribution in [0, 0.1) is 5.41 Å². The van der Waals surface area contributed by atoms with E-state index in [-0.39, 0.29) is 0 Å². The maximum Gasteiger partial charge on any atom is 0.0769 e. The maximum absolute atomic E-state index is 7.63. The zero-order chi connectivity index (χ0) is 11.5. The van der Waals surface area contributed by atoms with Gasteiger partial charge in [-0.3, -0.25) is 5.41 Å². The lowest BCUT2D eigenvalue weighted by molar-refractivity contribution is 0.313. The number of nitrogen functional groups attached to an aromatic ring is 1. The third kappa shape index (κ3) is 2.33. The normalized spacial score (nSPS) is 17.4. The molecule has 16 heavy (non-hydrogen) atoms. The average molecular weight is 218 g/mol. The third-order valence-corrected chi connectivity index (χ3v) is 3.01. The summed E-state index contributed by atoms with van der Waals surface area (Å²) in [6.07, 6.45) is 0. The topological polar surface area (TPSA) is 56.4 Å². The van der Waals surface area contributed by atoms with Crippen molar-refractivity contribution in [2.45, 2.75) is 0 Å². The molecule has 1 saturated heterocycles. The quantitative estimate of drug-likeness (QED) is 0.721. The van der Waals surface area contributed by atoms with Crippen LogP contribution in [0.4, 0.5) is 11.4 Å². The minimum Gasteiger partial charge on any atom is -0.397 e. The number of hydrogen-bond acceptors (Lipinski definition) is 4. The molecule has 1 aromatic rings. The number of nitrogens with one attached hydrogen (secondary N) is 1. The van der Waals surface area contributed by atoms with Crippen molar-refractivity contribution in [2.24, 2.45) is 0 Å². The monoisotopic (exact) mass is 218 g/mol. The fourth-order valence-corrected chi connectivity index (χ4v) is 1.89. The van der Waals surface area contributed by atoms with Crippen LogP contribution in [0.1, 0.15) is 0 Å². The Kier molecular flexibility index (Phi) is 3.10. The van der Waals surface area contributed by atoms with Crippen LogP contribution in [0.3, 0.4) is 0 Å². The molecule has 4 heteroatoms. The number of nitrogens with zero attached hydrogens (tertiary/aromatic N) is 2. The van der Waals surface area contributed by atoms with Crippen LogP contribution in [-0.4, -0.2) is 38.1 Å². The number of anilines is 2. The van der Waals surface area contributed by atoms with E-state index in [1.54, 1.807) is 6.07 Å². The Morgan fingerprint density at radius 3 is 2.56 bits per heavy atom. The zero-order valence-electron chi connectivity index (χ0n) is 9.61. The summed E-state index contributed by atoms with van der Waals surface area (Å²) in [5, 5.41) is 8.02. The minimum atomic E-state index is 0.389. The van der Waals surface area contributed by atoms with Gasteiger partial charge in [-0.1, -0.05) is 6.07 Å². The van der Waals surface area contributed by atoms with Crippen LogP contribution in [0.25, 0.3) is 0 Å². The van der Waals surface area contributed by atoms with Crippen LogP contribution in [0.2, 0.25) is 0 Å². The second kappa shape index (κ2) is 4.53. The van der Waals surface area contributed by atoms with Gasteiger partial charge >= 0.3 is 0 Å². The molecule has 1 heterocycles. The van der Waals surface area contributed by atoms with Crippen molar-refractivity contribution in [1.29, 1.82) is 5.41 Å². The van der Waals surface area contributed by atoms with Crippen LogP contribution in [0.5, 0.6) is 0 Å². The van der Waals surface area contributed by atoms with E-state index in [1.165, 1.54) is 0 Å². The molecule has 1 aromatic carbocycles. The lowest BCUT2D eigenvalue weighted by atomic mass is 10.3. The fourth-order valence-electron chi connectivity index (χ4n) is 1.89. The van der Waals surface area contributed by atoms with E-state index in [9.17, 15) is 0 Å². The standard InChI is InChI=1S/C12H18N4/c1-15-5-7-16(8-6-15)10-3-2-4-11(13)12(14)9-10/h2-4,9H,5-8H2,1H3,(H3,13,14). The molecule has 4 nitrogen and oxygen atoms in total. The first kappa shape index (κ1) is 11.0. The summed E-state index contributed by atoms with van der Waals surface area (Å²) in [4.78, 5) is 4.63. The van der Waals surface area contributed by atoms with Gasteiger partial charge in [0.2, 0.25) is 0 Å². The Morgan fingerprint density at radius 1 is 1.19 bits per heavy atom. The van der Waals surface area contributed by atoms with Gasteiger partial charge in [0, 0.05) is 31.9 Å². The van der Waals surface area contributed by atoms with Gasteiger partial charge in [0.05, 0.1) is 11.0 Å². The van der Waals surface area contributed by atoms with E-state index >= 15 is 0 Å². The van der Waals surface area contributed by atoms with Crippen LogP contribution >= 0.6 is 0 Å². The smallest absolute Gasteiger partial charge is 0.0769 e.